The summed E-state index contributed by atoms with van der Waals surface area (Å²) in [4.78, 5) is 18.4. The van der Waals surface area contributed by atoms with Crippen molar-refractivity contribution in [2.24, 2.45) is 5.11 Å². The Hall–Kier alpha value is -2.04. The van der Waals surface area contributed by atoms with Crippen LogP contribution in [0, 0.1) is 0 Å². The first-order valence-corrected chi connectivity index (χ1v) is 6.34. The Labute approximate surface area is 112 Å². The summed E-state index contributed by atoms with van der Waals surface area (Å²) in [5.74, 6) is -0.0860. The van der Waals surface area contributed by atoms with E-state index < -0.39 is 0 Å². The van der Waals surface area contributed by atoms with E-state index in [1.165, 1.54) is 5.56 Å². The monoisotopic (exact) mass is 259 g/mol. The third kappa shape index (κ3) is 3.98. The van der Waals surface area contributed by atoms with E-state index in [0.29, 0.717) is 13.1 Å². The molecule has 1 aromatic carbocycles. The number of benzene rings is 1. The molecule has 0 aromatic heterocycles. The smallest absolute Gasteiger partial charge is 0.228 e. The minimum absolute atomic E-state index is 0.0742. The van der Waals surface area contributed by atoms with E-state index in [9.17, 15) is 4.79 Å². The second-order valence-electron chi connectivity index (χ2n) is 4.53. The normalized spacial score (nSPS) is 15.9. The van der Waals surface area contributed by atoms with Gasteiger partial charge in [0.25, 0.3) is 0 Å². The molecule has 1 aromatic rings. The number of amides is 1. The zero-order chi connectivity index (χ0) is 13.5. The van der Waals surface area contributed by atoms with Crippen LogP contribution in [0.2, 0.25) is 0 Å². The van der Waals surface area contributed by atoms with Gasteiger partial charge in [-0.15, -0.1) is 0 Å². The van der Waals surface area contributed by atoms with Crippen LogP contribution < -0.4 is 0 Å². The van der Waals surface area contributed by atoms with Gasteiger partial charge in [0, 0.05) is 37.6 Å². The molecule has 6 heteroatoms. The lowest BCUT2D eigenvalue weighted by molar-refractivity contribution is -0.131. The zero-order valence-electron chi connectivity index (χ0n) is 10.8. The molecule has 6 nitrogen and oxygen atoms in total. The van der Waals surface area contributed by atoms with Gasteiger partial charge in [-0.3, -0.25) is 9.69 Å². The third-order valence-electron chi connectivity index (χ3n) is 3.24. The minimum Gasteiger partial charge on any atom is -0.340 e. The molecule has 19 heavy (non-hydrogen) atoms. The first-order valence-electron chi connectivity index (χ1n) is 6.34. The summed E-state index contributed by atoms with van der Waals surface area (Å²) in [7, 11) is 0. The largest absolute Gasteiger partial charge is 0.340 e. The van der Waals surface area contributed by atoms with Crippen LogP contribution in [0.5, 0.6) is 0 Å². The van der Waals surface area contributed by atoms with Crippen molar-refractivity contribution in [3.05, 3.63) is 46.3 Å². The van der Waals surface area contributed by atoms with Gasteiger partial charge in [-0.25, -0.2) is 0 Å². The van der Waals surface area contributed by atoms with Crippen LogP contribution in [0.25, 0.3) is 10.4 Å². The summed E-state index contributed by atoms with van der Waals surface area (Å²) in [6, 6.07) is 10.3. The van der Waals surface area contributed by atoms with Crippen molar-refractivity contribution in [1.29, 1.82) is 0 Å². The molecule has 1 aliphatic rings. The third-order valence-corrected chi connectivity index (χ3v) is 3.24. The van der Waals surface area contributed by atoms with Gasteiger partial charge in [0.15, 0.2) is 0 Å². The first-order chi connectivity index (χ1) is 9.29. The van der Waals surface area contributed by atoms with Gasteiger partial charge < -0.3 is 4.90 Å². The van der Waals surface area contributed by atoms with Crippen LogP contribution in [0.3, 0.4) is 0 Å². The fraction of sp³-hybridized carbons (Fsp3) is 0.462. The molecule has 2 rings (SSSR count). The van der Waals surface area contributed by atoms with Gasteiger partial charge in [-0.05, 0) is 11.1 Å². The number of rotatable bonds is 4. The van der Waals surface area contributed by atoms with Gasteiger partial charge >= 0.3 is 0 Å². The van der Waals surface area contributed by atoms with E-state index in [-0.39, 0.29) is 12.5 Å². The van der Waals surface area contributed by atoms with Crippen molar-refractivity contribution >= 4 is 5.91 Å². The van der Waals surface area contributed by atoms with E-state index >= 15 is 0 Å². The maximum absolute atomic E-state index is 11.7. The van der Waals surface area contributed by atoms with E-state index in [1.54, 1.807) is 4.90 Å². The number of hydrogen-bond acceptors (Lipinski definition) is 3. The van der Waals surface area contributed by atoms with Crippen molar-refractivity contribution < 1.29 is 4.79 Å². The molecular formula is C13H17N5O. The van der Waals surface area contributed by atoms with Crippen molar-refractivity contribution in [3.8, 4) is 0 Å². The molecule has 1 heterocycles. The highest BCUT2D eigenvalue weighted by molar-refractivity contribution is 5.78. The SMILES string of the molecule is [N-]=[N+]=NCC(=O)N1CCN(Cc2ccccc2)CC1. The van der Waals surface area contributed by atoms with Crippen molar-refractivity contribution in [1.82, 2.24) is 9.80 Å². The Morgan fingerprint density at radius 1 is 1.21 bits per heavy atom. The fourth-order valence-electron chi connectivity index (χ4n) is 2.19. The van der Waals surface area contributed by atoms with Crippen LogP contribution in [0.1, 0.15) is 5.56 Å². The summed E-state index contributed by atoms with van der Waals surface area (Å²) in [5.41, 5.74) is 9.49. The van der Waals surface area contributed by atoms with Crippen molar-refractivity contribution in [3.63, 3.8) is 0 Å². The Kier molecular flexibility index (Phi) is 4.78. The lowest BCUT2D eigenvalue weighted by Gasteiger charge is -2.34. The number of carbonyl (C=O) groups is 1. The second-order valence-corrected chi connectivity index (χ2v) is 4.53. The minimum atomic E-state index is -0.0860. The number of carbonyl (C=O) groups excluding carboxylic acids is 1. The molecule has 0 bridgehead atoms. The van der Waals surface area contributed by atoms with Crippen molar-refractivity contribution in [2.75, 3.05) is 32.7 Å². The predicted molar refractivity (Wildman–Crippen MR) is 72.3 cm³/mol. The maximum atomic E-state index is 11.7. The summed E-state index contributed by atoms with van der Waals surface area (Å²) in [6.07, 6.45) is 0. The molecule has 0 N–H and O–H groups in total. The summed E-state index contributed by atoms with van der Waals surface area (Å²) >= 11 is 0. The standard InChI is InChI=1S/C13H17N5O/c14-16-15-10-13(19)18-8-6-17(7-9-18)11-12-4-2-1-3-5-12/h1-5H,6-11H2. The molecule has 0 spiro atoms. The number of nitrogens with zero attached hydrogens (tertiary/aromatic N) is 5. The molecule has 1 aliphatic heterocycles. The molecule has 0 radical (unpaired) electrons. The maximum Gasteiger partial charge on any atom is 0.228 e. The molecule has 1 amide bonds. The second kappa shape index (κ2) is 6.78. The predicted octanol–water partition coefficient (Wildman–Crippen LogP) is 1.64. The average molecular weight is 259 g/mol. The topological polar surface area (TPSA) is 72.3 Å². The van der Waals surface area contributed by atoms with E-state index in [0.717, 1.165) is 19.6 Å². The number of piperazine rings is 1. The summed E-state index contributed by atoms with van der Waals surface area (Å²) in [6.45, 7) is 3.96. The fourth-order valence-corrected chi connectivity index (χ4v) is 2.19. The molecule has 0 saturated carbocycles. The van der Waals surface area contributed by atoms with Gasteiger partial charge in [0.05, 0.1) is 0 Å². The van der Waals surface area contributed by atoms with E-state index in [2.05, 4.69) is 27.1 Å². The van der Waals surface area contributed by atoms with Gasteiger partial charge in [-0.2, -0.15) is 0 Å². The van der Waals surface area contributed by atoms with Gasteiger partial charge in [0.1, 0.15) is 6.54 Å². The van der Waals surface area contributed by atoms with E-state index in [4.69, 9.17) is 5.53 Å². The van der Waals surface area contributed by atoms with Crippen LogP contribution in [-0.4, -0.2) is 48.4 Å². The number of azide groups is 1. The van der Waals surface area contributed by atoms with Crippen LogP contribution in [-0.2, 0) is 11.3 Å². The first kappa shape index (κ1) is 13.4. The van der Waals surface area contributed by atoms with E-state index in [1.807, 2.05) is 18.2 Å². The van der Waals surface area contributed by atoms with Crippen LogP contribution in [0.15, 0.2) is 35.4 Å². The van der Waals surface area contributed by atoms with Gasteiger partial charge in [-0.1, -0.05) is 35.4 Å². The van der Waals surface area contributed by atoms with Gasteiger partial charge in [0.2, 0.25) is 5.91 Å². The Morgan fingerprint density at radius 3 is 2.53 bits per heavy atom. The number of hydrogen-bond donors (Lipinski definition) is 0. The highest BCUT2D eigenvalue weighted by Crippen LogP contribution is 2.08. The zero-order valence-corrected chi connectivity index (χ0v) is 10.8. The summed E-state index contributed by atoms with van der Waals surface area (Å²) < 4.78 is 0. The average Bonchev–Trinajstić information content (AvgIpc) is 2.46. The Bertz CT molecular complexity index is 461. The lowest BCUT2D eigenvalue weighted by Crippen LogP contribution is -2.48. The van der Waals surface area contributed by atoms with Crippen molar-refractivity contribution in [2.45, 2.75) is 6.54 Å². The highest BCUT2D eigenvalue weighted by atomic mass is 16.2. The molecule has 1 saturated heterocycles. The van der Waals surface area contributed by atoms with Crippen LogP contribution in [0.4, 0.5) is 0 Å². The molecule has 0 unspecified atom stereocenters. The summed E-state index contributed by atoms with van der Waals surface area (Å²) in [5, 5.41) is 3.31. The lowest BCUT2D eigenvalue weighted by atomic mass is 10.2. The highest BCUT2D eigenvalue weighted by Gasteiger charge is 2.20. The molecule has 0 aliphatic carbocycles. The molecule has 1 fully saturated rings. The Balaban J connectivity index is 1.79. The molecule has 100 valence electrons. The van der Waals surface area contributed by atoms with Crippen LogP contribution >= 0.6 is 0 Å². The molecule has 0 atom stereocenters. The quantitative estimate of drug-likeness (QED) is 0.468. The Morgan fingerprint density at radius 2 is 1.89 bits per heavy atom. The molecular weight excluding hydrogens is 242 g/mol.